The van der Waals surface area contributed by atoms with Crippen LogP contribution in [0.3, 0.4) is 0 Å². The minimum absolute atomic E-state index is 0.0441. The molecule has 0 atom stereocenters. The zero-order valence-electron chi connectivity index (χ0n) is 11.8. The van der Waals surface area contributed by atoms with Gasteiger partial charge in [-0.1, -0.05) is 12.0 Å². The highest BCUT2D eigenvalue weighted by Crippen LogP contribution is 2.15. The number of carbonyl (C=O) groups excluding carboxylic acids is 1. The van der Waals surface area contributed by atoms with E-state index in [2.05, 4.69) is 16.8 Å². The summed E-state index contributed by atoms with van der Waals surface area (Å²) < 4.78 is 1.97. The molecule has 1 aliphatic heterocycles. The molecule has 21 heavy (non-hydrogen) atoms. The van der Waals surface area contributed by atoms with Crippen molar-refractivity contribution in [3.63, 3.8) is 0 Å². The molecule has 5 nitrogen and oxygen atoms in total. The first-order chi connectivity index (χ1) is 10.1. The second-order valence-corrected chi connectivity index (χ2v) is 5.09. The summed E-state index contributed by atoms with van der Waals surface area (Å²) in [6.07, 6.45) is 2.87. The molecule has 2 aromatic rings. The second kappa shape index (κ2) is 5.33. The maximum atomic E-state index is 12.2. The maximum Gasteiger partial charge on any atom is 0.270 e. The number of hydrogen-bond donors (Lipinski definition) is 1. The van der Waals surface area contributed by atoms with Gasteiger partial charge in [0.2, 0.25) is 0 Å². The van der Waals surface area contributed by atoms with E-state index in [0.29, 0.717) is 17.2 Å². The molecule has 0 fully saturated rings. The summed E-state index contributed by atoms with van der Waals surface area (Å²) in [5.74, 6) is 6.51. The van der Waals surface area contributed by atoms with Crippen LogP contribution in [0.2, 0.25) is 0 Å². The average molecular weight is 280 g/mol. The van der Waals surface area contributed by atoms with Crippen molar-refractivity contribution >= 4 is 11.7 Å². The molecule has 0 bridgehead atoms. The van der Waals surface area contributed by atoms with Crippen LogP contribution >= 0.6 is 0 Å². The van der Waals surface area contributed by atoms with Crippen molar-refractivity contribution in [2.45, 2.75) is 13.0 Å². The zero-order valence-corrected chi connectivity index (χ0v) is 11.8. The van der Waals surface area contributed by atoms with Crippen LogP contribution in [0.25, 0.3) is 0 Å². The number of nitrogens with two attached hydrogens (primary N) is 1. The quantitative estimate of drug-likeness (QED) is 0.741. The number of aromatic nitrogens is 2. The lowest BCUT2D eigenvalue weighted by Crippen LogP contribution is -2.26. The number of anilines is 1. The van der Waals surface area contributed by atoms with Gasteiger partial charge >= 0.3 is 0 Å². The maximum absolute atomic E-state index is 12.2. The number of aryl methyl sites for hydroxylation is 1. The van der Waals surface area contributed by atoms with Crippen LogP contribution in [0.15, 0.2) is 30.5 Å². The SMILES string of the molecule is CN1CCCn2cc(C#Cc3cccc(N)n3)cc2C1=O. The Kier molecular flexibility index (Phi) is 3.36. The zero-order chi connectivity index (χ0) is 14.8. The van der Waals surface area contributed by atoms with Crippen molar-refractivity contribution in [1.29, 1.82) is 0 Å². The summed E-state index contributed by atoms with van der Waals surface area (Å²) in [5, 5.41) is 0. The van der Waals surface area contributed by atoms with Crippen LogP contribution < -0.4 is 5.73 Å². The van der Waals surface area contributed by atoms with Crippen LogP contribution in [0.5, 0.6) is 0 Å². The largest absolute Gasteiger partial charge is 0.384 e. The number of carbonyl (C=O) groups is 1. The molecule has 2 aromatic heterocycles. The Morgan fingerprint density at radius 3 is 2.95 bits per heavy atom. The molecule has 5 heteroatoms. The Labute approximate surface area is 123 Å². The van der Waals surface area contributed by atoms with Crippen LogP contribution in [0.4, 0.5) is 5.82 Å². The third-order valence-corrected chi connectivity index (χ3v) is 3.46. The van der Waals surface area contributed by atoms with Crippen molar-refractivity contribution in [3.8, 4) is 11.8 Å². The molecule has 0 aromatic carbocycles. The third kappa shape index (κ3) is 2.75. The molecule has 0 aliphatic carbocycles. The van der Waals surface area contributed by atoms with E-state index in [1.54, 1.807) is 11.0 Å². The van der Waals surface area contributed by atoms with Gasteiger partial charge in [-0.2, -0.15) is 0 Å². The molecular weight excluding hydrogens is 264 g/mol. The molecule has 1 aliphatic rings. The Bertz CT molecular complexity index is 751. The summed E-state index contributed by atoms with van der Waals surface area (Å²) in [7, 11) is 1.83. The van der Waals surface area contributed by atoms with Crippen LogP contribution in [0, 0.1) is 11.8 Å². The fourth-order valence-corrected chi connectivity index (χ4v) is 2.38. The highest BCUT2D eigenvalue weighted by Gasteiger charge is 2.20. The Morgan fingerprint density at radius 2 is 2.14 bits per heavy atom. The Hall–Kier alpha value is -2.74. The second-order valence-electron chi connectivity index (χ2n) is 5.09. The van der Waals surface area contributed by atoms with E-state index in [1.807, 2.05) is 36.0 Å². The predicted molar refractivity (Wildman–Crippen MR) is 80.6 cm³/mol. The van der Waals surface area contributed by atoms with E-state index < -0.39 is 0 Å². The van der Waals surface area contributed by atoms with E-state index in [9.17, 15) is 4.79 Å². The van der Waals surface area contributed by atoms with Crippen LogP contribution in [0.1, 0.15) is 28.2 Å². The average Bonchev–Trinajstić information content (AvgIpc) is 2.82. The highest BCUT2D eigenvalue weighted by atomic mass is 16.2. The van der Waals surface area contributed by atoms with E-state index >= 15 is 0 Å². The molecule has 0 radical (unpaired) electrons. The van der Waals surface area contributed by atoms with E-state index in [0.717, 1.165) is 25.1 Å². The molecule has 0 saturated heterocycles. The van der Waals surface area contributed by atoms with Gasteiger partial charge in [-0.25, -0.2) is 4.98 Å². The number of fused-ring (bicyclic) bond motifs is 1. The highest BCUT2D eigenvalue weighted by molar-refractivity contribution is 5.93. The Morgan fingerprint density at radius 1 is 1.29 bits per heavy atom. The first-order valence-corrected chi connectivity index (χ1v) is 6.84. The van der Waals surface area contributed by atoms with Gasteiger partial charge in [0.1, 0.15) is 17.2 Å². The number of nitrogen functional groups attached to an aromatic ring is 1. The summed E-state index contributed by atoms with van der Waals surface area (Å²) in [6, 6.07) is 7.19. The van der Waals surface area contributed by atoms with Gasteiger partial charge < -0.3 is 15.2 Å². The standard InChI is InChI=1S/C16H16N4O/c1-19-8-3-9-20-11-12(10-14(20)16(19)21)6-7-13-4-2-5-15(17)18-13/h2,4-5,10-11H,3,8-9H2,1H3,(H2,17,18). The molecule has 2 N–H and O–H groups in total. The first kappa shape index (κ1) is 13.3. The van der Waals surface area contributed by atoms with E-state index in [-0.39, 0.29) is 5.91 Å². The minimum Gasteiger partial charge on any atom is -0.384 e. The van der Waals surface area contributed by atoms with Crippen molar-refractivity contribution < 1.29 is 4.79 Å². The van der Waals surface area contributed by atoms with Gasteiger partial charge in [-0.3, -0.25) is 4.79 Å². The number of rotatable bonds is 0. The molecule has 0 spiro atoms. The molecule has 1 amide bonds. The first-order valence-electron chi connectivity index (χ1n) is 6.84. The van der Waals surface area contributed by atoms with Gasteiger partial charge in [0.15, 0.2) is 0 Å². The minimum atomic E-state index is 0.0441. The third-order valence-electron chi connectivity index (χ3n) is 3.46. The fourth-order valence-electron chi connectivity index (χ4n) is 2.38. The summed E-state index contributed by atoms with van der Waals surface area (Å²) in [5.41, 5.74) is 7.76. The van der Waals surface area contributed by atoms with Crippen molar-refractivity contribution in [1.82, 2.24) is 14.5 Å². The van der Waals surface area contributed by atoms with Gasteiger partial charge in [0, 0.05) is 31.9 Å². The van der Waals surface area contributed by atoms with Gasteiger partial charge in [-0.15, -0.1) is 0 Å². The number of pyridine rings is 1. The van der Waals surface area contributed by atoms with E-state index in [1.165, 1.54) is 0 Å². The van der Waals surface area contributed by atoms with Crippen molar-refractivity contribution in [3.05, 3.63) is 47.4 Å². The molecule has 3 rings (SSSR count). The van der Waals surface area contributed by atoms with E-state index in [4.69, 9.17) is 5.73 Å². The van der Waals surface area contributed by atoms with Crippen LogP contribution in [-0.4, -0.2) is 34.0 Å². The van der Waals surface area contributed by atoms with Gasteiger partial charge in [0.25, 0.3) is 5.91 Å². The number of hydrogen-bond acceptors (Lipinski definition) is 3. The lowest BCUT2D eigenvalue weighted by molar-refractivity contribution is 0.0797. The lowest BCUT2D eigenvalue weighted by Gasteiger charge is -2.12. The smallest absolute Gasteiger partial charge is 0.270 e. The fraction of sp³-hybridized carbons (Fsp3) is 0.250. The van der Waals surface area contributed by atoms with Crippen molar-refractivity contribution in [2.24, 2.45) is 0 Å². The molecule has 106 valence electrons. The van der Waals surface area contributed by atoms with Crippen molar-refractivity contribution in [2.75, 3.05) is 19.3 Å². The molecular formula is C16H16N4O. The molecule has 3 heterocycles. The van der Waals surface area contributed by atoms with Gasteiger partial charge in [-0.05, 0) is 30.5 Å². The molecule has 0 unspecified atom stereocenters. The lowest BCUT2D eigenvalue weighted by atomic mass is 10.2. The molecule has 0 saturated carbocycles. The topological polar surface area (TPSA) is 64.2 Å². The summed E-state index contributed by atoms with van der Waals surface area (Å²) >= 11 is 0. The monoisotopic (exact) mass is 280 g/mol. The normalized spacial score (nSPS) is 14.1. The van der Waals surface area contributed by atoms with Gasteiger partial charge in [0.05, 0.1) is 0 Å². The number of amides is 1. The number of nitrogens with zero attached hydrogens (tertiary/aromatic N) is 3. The predicted octanol–water partition coefficient (Wildman–Crippen LogP) is 1.34. The summed E-state index contributed by atoms with van der Waals surface area (Å²) in [6.45, 7) is 1.62. The summed E-state index contributed by atoms with van der Waals surface area (Å²) in [4.78, 5) is 18.1. The van der Waals surface area contributed by atoms with Crippen LogP contribution in [-0.2, 0) is 6.54 Å². The Balaban J connectivity index is 1.91.